The summed E-state index contributed by atoms with van der Waals surface area (Å²) in [5.41, 5.74) is -0.788. The molecule has 5 heteroatoms. The van der Waals surface area contributed by atoms with Gasteiger partial charge in [0.2, 0.25) is 0 Å². The molecule has 0 aromatic heterocycles. The van der Waals surface area contributed by atoms with Crippen LogP contribution in [0.15, 0.2) is 12.1 Å². The van der Waals surface area contributed by atoms with Crippen LogP contribution in [0.4, 0.5) is 13.2 Å². The number of hydrogen-bond acceptors (Lipinski definition) is 0. The topological polar surface area (TPSA) is 0 Å². The fourth-order valence-corrected chi connectivity index (χ4v) is 1.47. The minimum Gasteiger partial charge on any atom is -0.166 e. The molecule has 0 heterocycles. The summed E-state index contributed by atoms with van der Waals surface area (Å²) < 4.78 is 37.0. The van der Waals surface area contributed by atoms with Gasteiger partial charge in [0.15, 0.2) is 0 Å². The molecule has 0 bridgehead atoms. The summed E-state index contributed by atoms with van der Waals surface area (Å²) in [6.45, 7) is 1.34. The van der Waals surface area contributed by atoms with Gasteiger partial charge in [0.1, 0.15) is 0 Å². The molecule has 0 radical (unpaired) electrons. The highest BCUT2D eigenvalue weighted by atomic mass is 35.5. The molecule has 0 nitrogen and oxygen atoms in total. The van der Waals surface area contributed by atoms with E-state index < -0.39 is 16.8 Å². The van der Waals surface area contributed by atoms with Gasteiger partial charge in [0.25, 0.3) is 0 Å². The number of hydrogen-bond donors (Lipinski definition) is 0. The molecule has 13 heavy (non-hydrogen) atoms. The lowest BCUT2D eigenvalue weighted by Crippen LogP contribution is -2.08. The highest BCUT2D eigenvalue weighted by Gasteiger charge is 2.35. The lowest BCUT2D eigenvalue weighted by molar-refractivity contribution is -0.137. The summed E-state index contributed by atoms with van der Waals surface area (Å²) in [4.78, 5) is 0. The van der Waals surface area contributed by atoms with Crippen molar-refractivity contribution in [1.82, 2.24) is 0 Å². The third kappa shape index (κ3) is 2.09. The van der Waals surface area contributed by atoms with Gasteiger partial charge in [0.05, 0.1) is 15.6 Å². The first kappa shape index (κ1) is 10.7. The number of rotatable bonds is 0. The Bertz CT molecular complexity index is 331. The first-order valence-corrected chi connectivity index (χ1v) is 4.11. The van der Waals surface area contributed by atoms with Crippen molar-refractivity contribution in [2.24, 2.45) is 0 Å². The molecule has 0 unspecified atom stereocenters. The molecule has 0 atom stereocenters. The van der Waals surface area contributed by atoms with Crippen molar-refractivity contribution in [2.45, 2.75) is 13.1 Å². The molecule has 0 saturated heterocycles. The zero-order valence-corrected chi connectivity index (χ0v) is 8.06. The Morgan fingerprint density at radius 3 is 2.08 bits per heavy atom. The lowest BCUT2D eigenvalue weighted by atomic mass is 10.1. The number of halogens is 5. The first-order chi connectivity index (χ1) is 5.84. The number of alkyl halides is 3. The van der Waals surface area contributed by atoms with Gasteiger partial charge in [-0.25, -0.2) is 0 Å². The highest BCUT2D eigenvalue weighted by Crippen LogP contribution is 2.39. The molecule has 0 saturated carbocycles. The van der Waals surface area contributed by atoms with E-state index in [4.69, 9.17) is 23.2 Å². The molecule has 0 spiro atoms. The van der Waals surface area contributed by atoms with Gasteiger partial charge >= 0.3 is 6.18 Å². The maximum Gasteiger partial charge on any atom is 0.418 e. The summed E-state index contributed by atoms with van der Waals surface area (Å²) in [5.74, 6) is 0. The maximum atomic E-state index is 12.3. The molecular weight excluding hydrogens is 224 g/mol. The Labute approximate surface area is 83.3 Å². The van der Waals surface area contributed by atoms with Crippen LogP contribution in [-0.4, -0.2) is 0 Å². The summed E-state index contributed by atoms with van der Waals surface area (Å²) >= 11 is 10.9. The third-order valence-electron chi connectivity index (χ3n) is 1.59. The lowest BCUT2D eigenvalue weighted by Gasteiger charge is -2.12. The van der Waals surface area contributed by atoms with E-state index in [0.29, 0.717) is 0 Å². The van der Waals surface area contributed by atoms with Crippen molar-refractivity contribution in [3.05, 3.63) is 33.3 Å². The Morgan fingerprint density at radius 1 is 1.15 bits per heavy atom. The summed E-state index contributed by atoms with van der Waals surface area (Å²) in [7, 11) is 0. The van der Waals surface area contributed by atoms with Crippen molar-refractivity contribution >= 4 is 23.2 Å². The fraction of sp³-hybridized carbons (Fsp3) is 0.250. The van der Waals surface area contributed by atoms with Crippen molar-refractivity contribution < 1.29 is 13.2 Å². The predicted molar refractivity (Wildman–Crippen MR) is 46.2 cm³/mol. The second-order valence-corrected chi connectivity index (χ2v) is 3.34. The predicted octanol–water partition coefficient (Wildman–Crippen LogP) is 4.32. The molecule has 0 amide bonds. The second kappa shape index (κ2) is 3.39. The molecule has 0 N–H and O–H groups in total. The quantitative estimate of drug-likeness (QED) is 0.621. The largest absolute Gasteiger partial charge is 0.418 e. The van der Waals surface area contributed by atoms with E-state index in [9.17, 15) is 13.2 Å². The van der Waals surface area contributed by atoms with Gasteiger partial charge < -0.3 is 0 Å². The number of benzene rings is 1. The van der Waals surface area contributed by atoms with Crippen LogP contribution in [-0.2, 0) is 6.18 Å². The van der Waals surface area contributed by atoms with E-state index >= 15 is 0 Å². The Morgan fingerprint density at radius 2 is 1.69 bits per heavy atom. The van der Waals surface area contributed by atoms with Crippen LogP contribution in [0.5, 0.6) is 0 Å². The monoisotopic (exact) mass is 228 g/mol. The van der Waals surface area contributed by atoms with E-state index in [-0.39, 0.29) is 10.6 Å². The standard InChI is InChI=1S/C8H5Cl2F3/c1-4-2-3-5(9)7(10)6(4)8(11,12)13/h2-3H,1H3. The molecule has 0 aliphatic heterocycles. The average Bonchev–Trinajstić information content (AvgIpc) is 1.95. The van der Waals surface area contributed by atoms with Crippen LogP contribution in [0.1, 0.15) is 11.1 Å². The van der Waals surface area contributed by atoms with Crippen molar-refractivity contribution in [2.75, 3.05) is 0 Å². The Kier molecular flexibility index (Phi) is 2.78. The minimum absolute atomic E-state index is 0.0712. The molecule has 72 valence electrons. The van der Waals surface area contributed by atoms with E-state index in [2.05, 4.69) is 0 Å². The molecule has 0 aliphatic carbocycles. The van der Waals surface area contributed by atoms with Crippen molar-refractivity contribution in [1.29, 1.82) is 0 Å². The van der Waals surface area contributed by atoms with Crippen molar-refractivity contribution in [3.63, 3.8) is 0 Å². The minimum atomic E-state index is -4.45. The molecule has 1 aromatic rings. The average molecular weight is 229 g/mol. The molecular formula is C8H5Cl2F3. The Hall–Kier alpha value is -0.410. The van der Waals surface area contributed by atoms with Crippen LogP contribution in [0.25, 0.3) is 0 Å². The van der Waals surface area contributed by atoms with Crippen LogP contribution in [0.3, 0.4) is 0 Å². The smallest absolute Gasteiger partial charge is 0.166 e. The van der Waals surface area contributed by atoms with Gasteiger partial charge in [-0.3, -0.25) is 0 Å². The third-order valence-corrected chi connectivity index (χ3v) is 2.39. The SMILES string of the molecule is Cc1ccc(Cl)c(Cl)c1C(F)(F)F. The van der Waals surface area contributed by atoms with Crippen LogP contribution >= 0.6 is 23.2 Å². The van der Waals surface area contributed by atoms with Gasteiger partial charge in [-0.15, -0.1) is 0 Å². The van der Waals surface area contributed by atoms with Crippen LogP contribution < -0.4 is 0 Å². The van der Waals surface area contributed by atoms with Gasteiger partial charge in [0, 0.05) is 0 Å². The summed E-state index contributed by atoms with van der Waals surface area (Å²) in [6.07, 6.45) is -4.45. The van der Waals surface area contributed by atoms with Gasteiger partial charge in [-0.1, -0.05) is 29.3 Å². The first-order valence-electron chi connectivity index (χ1n) is 3.36. The molecule has 0 fully saturated rings. The molecule has 1 rings (SSSR count). The fourth-order valence-electron chi connectivity index (χ4n) is 0.995. The maximum absolute atomic E-state index is 12.3. The Balaban J connectivity index is 3.43. The van der Waals surface area contributed by atoms with Gasteiger partial charge in [-0.2, -0.15) is 13.2 Å². The van der Waals surface area contributed by atoms with E-state index in [1.807, 2.05) is 0 Å². The van der Waals surface area contributed by atoms with E-state index in [1.54, 1.807) is 0 Å². The highest BCUT2D eigenvalue weighted by molar-refractivity contribution is 6.42. The summed E-state index contributed by atoms with van der Waals surface area (Å²) in [6, 6.07) is 2.63. The van der Waals surface area contributed by atoms with E-state index in [0.717, 1.165) is 0 Å². The zero-order chi connectivity index (χ0) is 10.2. The van der Waals surface area contributed by atoms with Gasteiger partial charge in [-0.05, 0) is 18.6 Å². The van der Waals surface area contributed by atoms with E-state index in [1.165, 1.54) is 19.1 Å². The molecule has 0 aliphatic rings. The second-order valence-electron chi connectivity index (χ2n) is 2.55. The molecule has 1 aromatic carbocycles. The zero-order valence-electron chi connectivity index (χ0n) is 6.54. The summed E-state index contributed by atoms with van der Waals surface area (Å²) in [5, 5.41) is -0.520. The number of aryl methyl sites for hydroxylation is 1. The van der Waals surface area contributed by atoms with Crippen molar-refractivity contribution in [3.8, 4) is 0 Å². The van der Waals surface area contributed by atoms with Crippen LogP contribution in [0.2, 0.25) is 10.0 Å². The normalized spacial score (nSPS) is 11.8. The van der Waals surface area contributed by atoms with Crippen LogP contribution in [0, 0.1) is 6.92 Å².